The van der Waals surface area contributed by atoms with Crippen LogP contribution in [0.1, 0.15) is 21.8 Å². The Morgan fingerprint density at radius 3 is 2.55 bits per heavy atom. The maximum Gasteiger partial charge on any atom is 0.338 e. The number of hydrogen-bond donors (Lipinski definition) is 0. The fourth-order valence-corrected chi connectivity index (χ4v) is 3.18. The summed E-state index contributed by atoms with van der Waals surface area (Å²) >= 11 is 0. The van der Waals surface area contributed by atoms with Crippen LogP contribution in [0.2, 0.25) is 0 Å². The molecule has 31 heavy (non-hydrogen) atoms. The molecule has 8 heteroatoms. The zero-order valence-corrected chi connectivity index (χ0v) is 16.4. The van der Waals surface area contributed by atoms with Crippen LogP contribution in [-0.2, 0) is 17.9 Å². The number of nitrogens with zero attached hydrogens (tertiary/aromatic N) is 5. The molecule has 0 spiro atoms. The molecule has 0 saturated carbocycles. The molecule has 8 nitrogen and oxygen atoms in total. The number of hydrogen-bond acceptors (Lipinski definition) is 7. The quantitative estimate of drug-likeness (QED) is 0.391. The molecule has 0 fully saturated rings. The highest BCUT2D eigenvalue weighted by Crippen LogP contribution is 2.16. The standard InChI is InChI=1S/C23H17N5O3/c29-23(30-15-21-24-22(26-31-21)17-6-2-1-3-7-17)18-12-10-16(11-13-18)14-28-20-9-5-4-8-19(20)25-27-28/h1-13H,14-15H2. The molecule has 0 atom stereocenters. The fraction of sp³-hybridized carbons (Fsp3) is 0.0870. The topological polar surface area (TPSA) is 95.9 Å². The summed E-state index contributed by atoms with van der Waals surface area (Å²) in [5.74, 6) is 0.232. The van der Waals surface area contributed by atoms with Crippen molar-refractivity contribution in [2.75, 3.05) is 0 Å². The van der Waals surface area contributed by atoms with Crippen LogP contribution in [0.5, 0.6) is 0 Å². The number of para-hydroxylation sites is 1. The summed E-state index contributed by atoms with van der Waals surface area (Å²) in [6.07, 6.45) is 0. The molecule has 2 heterocycles. The zero-order chi connectivity index (χ0) is 21.0. The summed E-state index contributed by atoms with van der Waals surface area (Å²) in [4.78, 5) is 16.6. The van der Waals surface area contributed by atoms with E-state index in [4.69, 9.17) is 9.26 Å². The third-order valence-electron chi connectivity index (χ3n) is 4.77. The molecule has 0 aliphatic heterocycles. The molecule has 0 amide bonds. The number of aromatic nitrogens is 5. The largest absolute Gasteiger partial charge is 0.452 e. The van der Waals surface area contributed by atoms with Crippen molar-refractivity contribution in [1.29, 1.82) is 0 Å². The van der Waals surface area contributed by atoms with Crippen LogP contribution >= 0.6 is 0 Å². The Balaban J connectivity index is 1.21. The van der Waals surface area contributed by atoms with Gasteiger partial charge in [-0.05, 0) is 29.8 Å². The van der Waals surface area contributed by atoms with E-state index in [1.807, 2.05) is 71.4 Å². The van der Waals surface area contributed by atoms with Gasteiger partial charge in [-0.25, -0.2) is 9.48 Å². The Bertz CT molecular complexity index is 1330. The zero-order valence-electron chi connectivity index (χ0n) is 16.4. The molecule has 0 aliphatic rings. The smallest absolute Gasteiger partial charge is 0.338 e. The first-order valence-electron chi connectivity index (χ1n) is 9.68. The fourth-order valence-electron chi connectivity index (χ4n) is 3.18. The highest BCUT2D eigenvalue weighted by molar-refractivity contribution is 5.89. The van der Waals surface area contributed by atoms with Gasteiger partial charge in [0.2, 0.25) is 5.82 Å². The summed E-state index contributed by atoms with van der Waals surface area (Å²) in [5, 5.41) is 12.3. The summed E-state index contributed by atoms with van der Waals surface area (Å²) in [6, 6.07) is 24.4. The van der Waals surface area contributed by atoms with E-state index in [1.54, 1.807) is 12.1 Å². The highest BCUT2D eigenvalue weighted by atomic mass is 16.6. The van der Waals surface area contributed by atoms with Crippen LogP contribution in [-0.4, -0.2) is 31.1 Å². The van der Waals surface area contributed by atoms with Crippen molar-refractivity contribution in [2.45, 2.75) is 13.2 Å². The van der Waals surface area contributed by atoms with Gasteiger partial charge in [-0.3, -0.25) is 0 Å². The molecule has 0 N–H and O–H groups in total. The van der Waals surface area contributed by atoms with E-state index < -0.39 is 5.97 Å². The van der Waals surface area contributed by atoms with Crippen molar-refractivity contribution in [3.63, 3.8) is 0 Å². The van der Waals surface area contributed by atoms with Crippen LogP contribution in [0.15, 0.2) is 83.4 Å². The third-order valence-corrected chi connectivity index (χ3v) is 4.77. The normalized spacial score (nSPS) is 11.0. The van der Waals surface area contributed by atoms with Crippen LogP contribution < -0.4 is 0 Å². The van der Waals surface area contributed by atoms with Crippen molar-refractivity contribution in [1.82, 2.24) is 25.1 Å². The van der Waals surface area contributed by atoms with Crippen molar-refractivity contribution in [3.8, 4) is 11.4 Å². The first-order valence-corrected chi connectivity index (χ1v) is 9.68. The van der Waals surface area contributed by atoms with Gasteiger partial charge in [0, 0.05) is 5.56 Å². The van der Waals surface area contributed by atoms with Crippen LogP contribution in [0.25, 0.3) is 22.4 Å². The summed E-state index contributed by atoms with van der Waals surface area (Å²) < 4.78 is 12.3. The van der Waals surface area contributed by atoms with E-state index >= 15 is 0 Å². The molecule has 152 valence electrons. The molecular weight excluding hydrogens is 394 g/mol. The maximum absolute atomic E-state index is 12.4. The molecular formula is C23H17N5O3. The predicted molar refractivity (Wildman–Crippen MR) is 112 cm³/mol. The van der Waals surface area contributed by atoms with Gasteiger partial charge in [0.05, 0.1) is 17.6 Å². The van der Waals surface area contributed by atoms with Crippen LogP contribution in [0.4, 0.5) is 0 Å². The Hall–Kier alpha value is -4.33. The second-order valence-electron chi connectivity index (χ2n) is 6.89. The predicted octanol–water partition coefficient (Wildman–Crippen LogP) is 3.89. The minimum atomic E-state index is -0.461. The van der Waals surface area contributed by atoms with Gasteiger partial charge in [-0.15, -0.1) is 5.10 Å². The minimum Gasteiger partial charge on any atom is -0.452 e. The molecule has 5 rings (SSSR count). The molecule has 2 aromatic heterocycles. The van der Waals surface area contributed by atoms with Crippen molar-refractivity contribution in [3.05, 3.63) is 95.9 Å². The lowest BCUT2D eigenvalue weighted by Gasteiger charge is -2.05. The van der Waals surface area contributed by atoms with Crippen LogP contribution in [0.3, 0.4) is 0 Å². The number of fused-ring (bicyclic) bond motifs is 1. The van der Waals surface area contributed by atoms with Gasteiger partial charge in [0.25, 0.3) is 5.89 Å². The van der Waals surface area contributed by atoms with E-state index in [9.17, 15) is 4.79 Å². The first kappa shape index (κ1) is 18.7. The molecule has 0 bridgehead atoms. The number of esters is 1. The number of carbonyl (C=O) groups is 1. The van der Waals surface area contributed by atoms with Gasteiger partial charge in [-0.1, -0.05) is 65.0 Å². The summed E-state index contributed by atoms with van der Waals surface area (Å²) in [7, 11) is 0. The van der Waals surface area contributed by atoms with Crippen molar-refractivity contribution >= 4 is 17.0 Å². The van der Waals surface area contributed by atoms with Crippen LogP contribution in [0, 0.1) is 0 Å². The molecule has 3 aromatic carbocycles. The van der Waals surface area contributed by atoms with E-state index in [0.29, 0.717) is 17.9 Å². The lowest BCUT2D eigenvalue weighted by Crippen LogP contribution is -2.06. The molecule has 5 aromatic rings. The average Bonchev–Trinajstić information content (AvgIpc) is 3.46. The molecule has 0 unspecified atom stereocenters. The number of rotatable bonds is 6. The number of ether oxygens (including phenoxy) is 1. The van der Waals surface area contributed by atoms with Gasteiger partial charge >= 0.3 is 5.97 Å². The maximum atomic E-state index is 12.4. The average molecular weight is 411 g/mol. The lowest BCUT2D eigenvalue weighted by atomic mass is 10.1. The molecule has 0 saturated heterocycles. The van der Waals surface area contributed by atoms with E-state index in [0.717, 1.165) is 22.2 Å². The van der Waals surface area contributed by atoms with Crippen molar-refractivity contribution < 1.29 is 14.1 Å². The monoisotopic (exact) mass is 411 g/mol. The van der Waals surface area contributed by atoms with E-state index in [1.165, 1.54) is 0 Å². The SMILES string of the molecule is O=C(OCc1nc(-c2ccccc2)no1)c1ccc(Cn2nnc3ccccc32)cc1. The Morgan fingerprint density at radius 1 is 0.935 bits per heavy atom. The van der Waals surface area contributed by atoms with Gasteiger partial charge in [0.1, 0.15) is 5.52 Å². The van der Waals surface area contributed by atoms with E-state index in [-0.39, 0.29) is 12.5 Å². The molecule has 0 radical (unpaired) electrons. The van der Waals surface area contributed by atoms with Gasteiger partial charge < -0.3 is 9.26 Å². The van der Waals surface area contributed by atoms with E-state index in [2.05, 4.69) is 20.5 Å². The Morgan fingerprint density at radius 2 is 1.71 bits per heavy atom. The lowest BCUT2D eigenvalue weighted by molar-refractivity contribution is 0.0430. The van der Waals surface area contributed by atoms with Crippen molar-refractivity contribution in [2.24, 2.45) is 0 Å². The van der Waals surface area contributed by atoms with Gasteiger partial charge in [0.15, 0.2) is 6.61 Å². The second kappa shape index (κ2) is 8.19. The Labute approximate surface area is 177 Å². The number of carbonyl (C=O) groups excluding carboxylic acids is 1. The number of benzene rings is 3. The summed E-state index contributed by atoms with van der Waals surface area (Å²) in [5.41, 5.74) is 4.07. The second-order valence-corrected chi connectivity index (χ2v) is 6.89. The van der Waals surface area contributed by atoms with Gasteiger partial charge in [-0.2, -0.15) is 4.98 Å². The third kappa shape index (κ3) is 4.04. The summed E-state index contributed by atoms with van der Waals surface area (Å²) in [6.45, 7) is 0.464. The first-order chi connectivity index (χ1) is 15.3. The molecule has 0 aliphatic carbocycles. The Kier molecular flexibility index (Phi) is 4.94. The minimum absolute atomic E-state index is 0.0919. The highest BCUT2D eigenvalue weighted by Gasteiger charge is 2.13.